The molecule has 4 aromatic rings. The molecule has 1 heterocycles. The van der Waals surface area contributed by atoms with E-state index in [1.807, 2.05) is 66.7 Å². The maximum atomic E-state index is 5.99. The number of benzene rings is 3. The van der Waals surface area contributed by atoms with Crippen molar-refractivity contribution in [1.82, 2.24) is 15.2 Å². The predicted octanol–water partition coefficient (Wildman–Crippen LogP) is 5.80. The third-order valence-electron chi connectivity index (χ3n) is 3.75. The van der Waals surface area contributed by atoms with Crippen molar-refractivity contribution in [3.05, 3.63) is 90.1 Å². The van der Waals surface area contributed by atoms with Crippen LogP contribution < -0.4 is 15.4 Å². The van der Waals surface area contributed by atoms with Gasteiger partial charge in [0.05, 0.1) is 6.20 Å². The molecule has 0 amide bonds. The Bertz CT molecular complexity index is 1060. The Hall–Kier alpha value is -3.64. The van der Waals surface area contributed by atoms with E-state index in [1.165, 1.54) is 0 Å². The predicted molar refractivity (Wildman–Crippen MR) is 111 cm³/mol. The normalized spacial score (nSPS) is 10.3. The second-order valence-corrected chi connectivity index (χ2v) is 6.30. The number of nitrogens with one attached hydrogen (secondary N) is 2. The van der Waals surface area contributed by atoms with Gasteiger partial charge in [-0.3, -0.25) is 0 Å². The number of anilines is 4. The van der Waals surface area contributed by atoms with Crippen molar-refractivity contribution < 1.29 is 4.74 Å². The molecule has 0 fully saturated rings. The van der Waals surface area contributed by atoms with E-state index in [-0.39, 0.29) is 0 Å². The quantitative estimate of drug-likeness (QED) is 0.434. The van der Waals surface area contributed by atoms with Crippen LogP contribution in [0, 0.1) is 0 Å². The van der Waals surface area contributed by atoms with Gasteiger partial charge in [0.2, 0.25) is 5.95 Å². The fourth-order valence-corrected chi connectivity index (χ4v) is 2.68. The lowest BCUT2D eigenvalue weighted by atomic mass is 10.3. The largest absolute Gasteiger partial charge is 0.457 e. The van der Waals surface area contributed by atoms with E-state index in [0.717, 1.165) is 22.9 Å². The zero-order valence-corrected chi connectivity index (χ0v) is 15.5. The zero-order valence-electron chi connectivity index (χ0n) is 14.7. The molecular weight excluding hydrogens is 374 g/mol. The fourth-order valence-electron chi connectivity index (χ4n) is 2.49. The highest BCUT2D eigenvalue weighted by Gasteiger charge is 2.03. The molecule has 1 aromatic heterocycles. The maximum Gasteiger partial charge on any atom is 0.249 e. The molecule has 0 aliphatic carbocycles. The summed E-state index contributed by atoms with van der Waals surface area (Å²) in [6.07, 6.45) is 1.55. The highest BCUT2D eigenvalue weighted by atomic mass is 35.5. The number of hydrogen-bond acceptors (Lipinski definition) is 6. The van der Waals surface area contributed by atoms with E-state index in [1.54, 1.807) is 18.3 Å². The molecule has 0 unspecified atom stereocenters. The molecule has 0 radical (unpaired) electrons. The first-order valence-corrected chi connectivity index (χ1v) is 8.95. The van der Waals surface area contributed by atoms with E-state index >= 15 is 0 Å². The molecule has 0 aliphatic heterocycles. The van der Waals surface area contributed by atoms with Crippen molar-refractivity contribution in [2.45, 2.75) is 0 Å². The number of para-hydroxylation sites is 1. The van der Waals surface area contributed by atoms with Gasteiger partial charge < -0.3 is 15.4 Å². The summed E-state index contributed by atoms with van der Waals surface area (Å²) >= 11 is 5.99. The summed E-state index contributed by atoms with van der Waals surface area (Å²) in [5, 5.41) is 14.9. The summed E-state index contributed by atoms with van der Waals surface area (Å²) < 4.78 is 5.79. The number of halogens is 1. The average Bonchev–Trinajstić information content (AvgIpc) is 2.71. The van der Waals surface area contributed by atoms with Gasteiger partial charge in [-0.2, -0.15) is 10.1 Å². The number of hydrogen-bond donors (Lipinski definition) is 2. The van der Waals surface area contributed by atoms with Gasteiger partial charge in [-0.25, -0.2) is 0 Å². The van der Waals surface area contributed by atoms with Crippen LogP contribution in [0.1, 0.15) is 0 Å². The third-order valence-corrected chi connectivity index (χ3v) is 3.98. The molecule has 6 nitrogen and oxygen atoms in total. The van der Waals surface area contributed by atoms with Crippen LogP contribution in [0.5, 0.6) is 11.5 Å². The highest BCUT2D eigenvalue weighted by Crippen LogP contribution is 2.24. The molecular formula is C21H16ClN5O. The molecule has 0 saturated heterocycles. The molecule has 0 bridgehead atoms. The van der Waals surface area contributed by atoms with E-state index < -0.39 is 0 Å². The minimum absolute atomic E-state index is 0.372. The van der Waals surface area contributed by atoms with Gasteiger partial charge in [0.1, 0.15) is 11.5 Å². The lowest BCUT2D eigenvalue weighted by Crippen LogP contribution is -2.02. The molecule has 28 heavy (non-hydrogen) atoms. The molecule has 4 rings (SSSR count). The van der Waals surface area contributed by atoms with E-state index in [2.05, 4.69) is 25.8 Å². The summed E-state index contributed by atoms with van der Waals surface area (Å²) in [5.41, 5.74) is 1.64. The van der Waals surface area contributed by atoms with Crippen LogP contribution in [0.3, 0.4) is 0 Å². The van der Waals surface area contributed by atoms with Crippen LogP contribution in [0.25, 0.3) is 0 Å². The van der Waals surface area contributed by atoms with Gasteiger partial charge in [-0.15, -0.1) is 5.10 Å². The van der Waals surface area contributed by atoms with Gasteiger partial charge >= 0.3 is 0 Å². The van der Waals surface area contributed by atoms with Crippen molar-refractivity contribution >= 4 is 34.7 Å². The van der Waals surface area contributed by atoms with Gasteiger partial charge in [0.15, 0.2) is 5.82 Å². The number of ether oxygens (including phenoxy) is 1. The third kappa shape index (κ3) is 4.75. The summed E-state index contributed by atoms with van der Waals surface area (Å²) in [5.74, 6) is 2.48. The van der Waals surface area contributed by atoms with Gasteiger partial charge in [-0.05, 0) is 54.6 Å². The average molecular weight is 390 g/mol. The summed E-state index contributed by atoms with van der Waals surface area (Å²) in [7, 11) is 0. The van der Waals surface area contributed by atoms with Crippen molar-refractivity contribution in [1.29, 1.82) is 0 Å². The molecule has 0 atom stereocenters. The lowest BCUT2D eigenvalue weighted by molar-refractivity contribution is 0.483. The topological polar surface area (TPSA) is 72.0 Å². The summed E-state index contributed by atoms with van der Waals surface area (Å²) in [4.78, 5) is 4.41. The Morgan fingerprint density at radius 2 is 1.54 bits per heavy atom. The Morgan fingerprint density at radius 1 is 0.750 bits per heavy atom. The summed E-state index contributed by atoms with van der Waals surface area (Å²) in [6, 6.07) is 24.5. The number of aromatic nitrogens is 3. The smallest absolute Gasteiger partial charge is 0.249 e. The van der Waals surface area contributed by atoms with Crippen LogP contribution in [-0.2, 0) is 0 Å². The van der Waals surface area contributed by atoms with Gasteiger partial charge in [-0.1, -0.05) is 35.9 Å². The molecule has 2 N–H and O–H groups in total. The molecule has 7 heteroatoms. The van der Waals surface area contributed by atoms with Gasteiger partial charge in [0, 0.05) is 16.4 Å². The lowest BCUT2D eigenvalue weighted by Gasteiger charge is -2.09. The Balaban J connectivity index is 1.42. The monoisotopic (exact) mass is 389 g/mol. The van der Waals surface area contributed by atoms with Crippen molar-refractivity contribution in [2.24, 2.45) is 0 Å². The van der Waals surface area contributed by atoms with E-state index in [4.69, 9.17) is 16.3 Å². The van der Waals surface area contributed by atoms with Crippen molar-refractivity contribution in [2.75, 3.05) is 10.6 Å². The molecule has 0 spiro atoms. The fraction of sp³-hybridized carbons (Fsp3) is 0. The first-order chi connectivity index (χ1) is 13.7. The minimum atomic E-state index is 0.372. The Kier molecular flexibility index (Phi) is 5.31. The first-order valence-electron chi connectivity index (χ1n) is 8.57. The van der Waals surface area contributed by atoms with Crippen LogP contribution >= 0.6 is 11.6 Å². The van der Waals surface area contributed by atoms with Crippen molar-refractivity contribution in [3.63, 3.8) is 0 Å². The summed E-state index contributed by atoms with van der Waals surface area (Å²) in [6.45, 7) is 0. The van der Waals surface area contributed by atoms with Crippen LogP contribution in [-0.4, -0.2) is 15.2 Å². The molecule has 0 aliphatic rings. The van der Waals surface area contributed by atoms with Crippen LogP contribution in [0.2, 0.25) is 5.02 Å². The Morgan fingerprint density at radius 3 is 2.32 bits per heavy atom. The minimum Gasteiger partial charge on any atom is -0.457 e. The number of nitrogens with zero attached hydrogens (tertiary/aromatic N) is 3. The Labute approximate surface area is 167 Å². The zero-order chi connectivity index (χ0) is 19.2. The molecule has 0 saturated carbocycles. The van der Waals surface area contributed by atoms with E-state index in [9.17, 15) is 0 Å². The second kappa shape index (κ2) is 8.37. The highest BCUT2D eigenvalue weighted by molar-refractivity contribution is 6.30. The SMILES string of the molecule is Clc1cccc(Nc2nncc(Nc3ccc(Oc4ccccc4)cc3)n2)c1. The molecule has 3 aromatic carbocycles. The van der Waals surface area contributed by atoms with Crippen LogP contribution in [0.15, 0.2) is 85.1 Å². The van der Waals surface area contributed by atoms with Crippen LogP contribution in [0.4, 0.5) is 23.1 Å². The van der Waals surface area contributed by atoms with Crippen molar-refractivity contribution in [3.8, 4) is 11.5 Å². The second-order valence-electron chi connectivity index (χ2n) is 5.87. The molecule has 138 valence electrons. The van der Waals surface area contributed by atoms with E-state index in [0.29, 0.717) is 16.8 Å². The first kappa shape index (κ1) is 17.8. The maximum absolute atomic E-state index is 5.99. The van der Waals surface area contributed by atoms with Gasteiger partial charge in [0.25, 0.3) is 0 Å². The standard InChI is InChI=1S/C21H16ClN5O/c22-15-5-4-6-17(13-15)25-21-26-20(14-23-27-21)24-16-9-11-19(12-10-16)28-18-7-2-1-3-8-18/h1-14H,(H2,24,25,26,27). The number of rotatable bonds is 6.